The van der Waals surface area contributed by atoms with E-state index in [1.54, 1.807) is 18.2 Å². The summed E-state index contributed by atoms with van der Waals surface area (Å²) in [6.07, 6.45) is -1.14. The van der Waals surface area contributed by atoms with Crippen molar-refractivity contribution >= 4 is 34.5 Å². The number of esters is 1. The van der Waals surface area contributed by atoms with Crippen LogP contribution in [0.15, 0.2) is 18.2 Å². The lowest BCUT2D eigenvalue weighted by atomic mass is 10.1. The first kappa shape index (κ1) is 9.45. The van der Waals surface area contributed by atoms with Gasteiger partial charge in [0.15, 0.2) is 0 Å². The maximum absolute atomic E-state index is 11.2. The Labute approximate surface area is 93.0 Å². The number of carboxylic acid groups (broad SMARTS) is 1. The summed E-state index contributed by atoms with van der Waals surface area (Å²) in [5, 5.41) is 8.77. The Morgan fingerprint density at radius 1 is 1.50 bits per heavy atom. The van der Waals surface area contributed by atoms with E-state index >= 15 is 0 Å². The Morgan fingerprint density at radius 3 is 2.86 bits per heavy atom. The van der Waals surface area contributed by atoms with Gasteiger partial charge in [-0.25, -0.2) is 9.59 Å². The van der Waals surface area contributed by atoms with Gasteiger partial charge in [-0.2, -0.15) is 0 Å². The van der Waals surface area contributed by atoms with E-state index in [9.17, 15) is 9.59 Å². The summed E-state index contributed by atoms with van der Waals surface area (Å²) >= 11 is 2.05. The zero-order chi connectivity index (χ0) is 10.3. The first-order valence-corrected chi connectivity index (χ1v) is 4.90. The van der Waals surface area contributed by atoms with E-state index in [-0.39, 0.29) is 0 Å². The Morgan fingerprint density at radius 2 is 2.21 bits per heavy atom. The molecule has 2 rings (SSSR count). The van der Waals surface area contributed by atoms with Crippen LogP contribution >= 0.6 is 22.6 Å². The summed E-state index contributed by atoms with van der Waals surface area (Å²) in [7, 11) is 0. The molecule has 1 N–H and O–H groups in total. The molecule has 1 atom stereocenters. The van der Waals surface area contributed by atoms with E-state index < -0.39 is 18.0 Å². The molecule has 0 saturated carbocycles. The van der Waals surface area contributed by atoms with Gasteiger partial charge in [-0.15, -0.1) is 0 Å². The minimum absolute atomic E-state index is 0.351. The largest absolute Gasteiger partial charge is 0.478 e. The predicted molar refractivity (Wildman–Crippen MR) is 55.0 cm³/mol. The smallest absolute Gasteiger partial charge is 0.349 e. The molecule has 4 nitrogen and oxygen atoms in total. The van der Waals surface area contributed by atoms with Crippen molar-refractivity contribution in [3.05, 3.63) is 32.9 Å². The van der Waals surface area contributed by atoms with Crippen molar-refractivity contribution in [3.8, 4) is 0 Å². The zero-order valence-corrected chi connectivity index (χ0v) is 9.02. The van der Waals surface area contributed by atoms with Crippen LogP contribution in [0.5, 0.6) is 0 Å². The average molecular weight is 304 g/mol. The molecule has 14 heavy (non-hydrogen) atoms. The fourth-order valence-corrected chi connectivity index (χ4v) is 1.84. The molecule has 0 radical (unpaired) electrons. The third-order valence-electron chi connectivity index (χ3n) is 1.97. The molecule has 0 aromatic heterocycles. The highest BCUT2D eigenvalue weighted by molar-refractivity contribution is 14.1. The number of cyclic esters (lactones) is 1. The molecule has 0 amide bonds. The molecule has 0 spiro atoms. The van der Waals surface area contributed by atoms with Crippen molar-refractivity contribution in [3.63, 3.8) is 0 Å². The molecule has 72 valence electrons. The lowest BCUT2D eigenvalue weighted by Crippen LogP contribution is -2.10. The fraction of sp³-hybridized carbons (Fsp3) is 0.111. The van der Waals surface area contributed by atoms with Crippen molar-refractivity contribution in [2.24, 2.45) is 0 Å². The van der Waals surface area contributed by atoms with E-state index in [1.165, 1.54) is 0 Å². The number of ether oxygens (including phenoxy) is 1. The van der Waals surface area contributed by atoms with Crippen LogP contribution in [0.4, 0.5) is 0 Å². The normalized spacial score (nSPS) is 18.9. The maximum Gasteiger partial charge on any atom is 0.349 e. The Kier molecular flexibility index (Phi) is 2.18. The second-order valence-corrected chi connectivity index (χ2v) is 4.10. The van der Waals surface area contributed by atoms with E-state index in [2.05, 4.69) is 22.6 Å². The molecule has 1 aliphatic rings. The van der Waals surface area contributed by atoms with E-state index in [1.807, 2.05) is 0 Å². The molecule has 1 heterocycles. The van der Waals surface area contributed by atoms with Crippen molar-refractivity contribution in [1.29, 1.82) is 0 Å². The molecule has 0 fully saturated rings. The van der Waals surface area contributed by atoms with Crippen LogP contribution < -0.4 is 0 Å². The summed E-state index contributed by atoms with van der Waals surface area (Å²) in [5.74, 6) is -1.70. The Bertz CT molecular complexity index is 427. The van der Waals surface area contributed by atoms with Gasteiger partial charge in [0.05, 0.1) is 5.56 Å². The van der Waals surface area contributed by atoms with Crippen LogP contribution in [-0.2, 0) is 9.53 Å². The maximum atomic E-state index is 11.2. The number of halogens is 1. The van der Waals surface area contributed by atoms with Gasteiger partial charge in [-0.05, 0) is 34.7 Å². The highest BCUT2D eigenvalue weighted by atomic mass is 127. The monoisotopic (exact) mass is 304 g/mol. The minimum Gasteiger partial charge on any atom is -0.478 e. The van der Waals surface area contributed by atoms with Gasteiger partial charge in [0, 0.05) is 9.13 Å². The average Bonchev–Trinajstić information content (AvgIpc) is 2.44. The van der Waals surface area contributed by atoms with Gasteiger partial charge in [0.2, 0.25) is 6.10 Å². The van der Waals surface area contributed by atoms with Gasteiger partial charge >= 0.3 is 11.9 Å². The minimum atomic E-state index is -1.14. The third kappa shape index (κ3) is 1.37. The highest BCUT2D eigenvalue weighted by Gasteiger charge is 2.35. The Hall–Kier alpha value is -1.11. The highest BCUT2D eigenvalue weighted by Crippen LogP contribution is 2.31. The van der Waals surface area contributed by atoms with Gasteiger partial charge in [0.25, 0.3) is 0 Å². The number of carbonyl (C=O) groups is 2. The van der Waals surface area contributed by atoms with Crippen LogP contribution in [0.25, 0.3) is 0 Å². The number of carbonyl (C=O) groups excluding carboxylic acids is 1. The SMILES string of the molecule is O=C1OC(C(=O)O)c2ccc(I)cc21. The number of aliphatic carboxylic acids is 1. The number of hydrogen-bond donors (Lipinski definition) is 1. The summed E-state index contributed by atoms with van der Waals surface area (Å²) in [6.45, 7) is 0. The molecule has 1 aromatic rings. The van der Waals surface area contributed by atoms with Crippen molar-refractivity contribution in [2.45, 2.75) is 6.10 Å². The summed E-state index contributed by atoms with van der Waals surface area (Å²) in [4.78, 5) is 22.0. The van der Waals surface area contributed by atoms with E-state index in [0.29, 0.717) is 11.1 Å². The number of benzene rings is 1. The van der Waals surface area contributed by atoms with Gasteiger partial charge in [0.1, 0.15) is 0 Å². The van der Waals surface area contributed by atoms with Crippen LogP contribution in [0.3, 0.4) is 0 Å². The van der Waals surface area contributed by atoms with Gasteiger partial charge in [-0.3, -0.25) is 0 Å². The summed E-state index contributed by atoms with van der Waals surface area (Å²) < 4.78 is 5.59. The molecule has 0 aliphatic carbocycles. The molecule has 0 saturated heterocycles. The third-order valence-corrected chi connectivity index (χ3v) is 2.64. The second kappa shape index (κ2) is 3.23. The lowest BCUT2D eigenvalue weighted by Gasteiger charge is -2.03. The standard InChI is InChI=1S/C9H5IO4/c10-4-1-2-5-6(3-4)9(13)14-7(5)8(11)12/h1-3,7H,(H,11,12). The quantitative estimate of drug-likeness (QED) is 0.632. The van der Waals surface area contributed by atoms with Crippen LogP contribution in [0.1, 0.15) is 22.0 Å². The van der Waals surface area contributed by atoms with Crippen LogP contribution in [0, 0.1) is 3.57 Å². The first-order chi connectivity index (χ1) is 6.59. The molecular formula is C9H5IO4. The van der Waals surface area contributed by atoms with Crippen molar-refractivity contribution < 1.29 is 19.4 Å². The summed E-state index contributed by atoms with van der Waals surface area (Å²) in [6, 6.07) is 4.99. The molecular weight excluding hydrogens is 299 g/mol. The van der Waals surface area contributed by atoms with Gasteiger partial charge in [-0.1, -0.05) is 6.07 Å². The van der Waals surface area contributed by atoms with Crippen LogP contribution in [-0.4, -0.2) is 17.0 Å². The molecule has 0 bridgehead atoms. The molecule has 1 unspecified atom stereocenters. The van der Waals surface area contributed by atoms with Crippen molar-refractivity contribution in [2.75, 3.05) is 0 Å². The number of carboxylic acids is 1. The first-order valence-electron chi connectivity index (χ1n) is 3.83. The number of hydrogen-bond acceptors (Lipinski definition) is 3. The fourth-order valence-electron chi connectivity index (χ4n) is 1.35. The summed E-state index contributed by atoms with van der Waals surface area (Å²) in [5.41, 5.74) is 0.784. The Balaban J connectivity index is 2.55. The van der Waals surface area contributed by atoms with Crippen LogP contribution in [0.2, 0.25) is 0 Å². The lowest BCUT2D eigenvalue weighted by molar-refractivity contribution is -0.146. The number of fused-ring (bicyclic) bond motifs is 1. The van der Waals surface area contributed by atoms with Crippen molar-refractivity contribution in [1.82, 2.24) is 0 Å². The van der Waals surface area contributed by atoms with Gasteiger partial charge < -0.3 is 9.84 Å². The predicted octanol–water partition coefficient (Wildman–Crippen LogP) is 1.59. The molecule has 1 aromatic carbocycles. The molecule has 5 heteroatoms. The van der Waals surface area contributed by atoms with E-state index in [0.717, 1.165) is 3.57 Å². The molecule has 1 aliphatic heterocycles. The topological polar surface area (TPSA) is 63.6 Å². The number of rotatable bonds is 1. The zero-order valence-electron chi connectivity index (χ0n) is 6.86. The second-order valence-electron chi connectivity index (χ2n) is 2.86. The van der Waals surface area contributed by atoms with E-state index in [4.69, 9.17) is 9.84 Å².